The summed E-state index contributed by atoms with van der Waals surface area (Å²) in [5.41, 5.74) is 1.02. The standard InChI is InChI=1S/C6H9NO3/c1-5-2-3-10-7(4-5)6(8)9/h2H,3-4H2,1H3,(H,8,9). The van der Waals surface area contributed by atoms with Gasteiger partial charge < -0.3 is 5.11 Å². The SMILES string of the molecule is CC1=CCON(C(=O)O)C1. The highest BCUT2D eigenvalue weighted by molar-refractivity contribution is 5.64. The van der Waals surface area contributed by atoms with Crippen molar-refractivity contribution in [3.05, 3.63) is 11.6 Å². The minimum absolute atomic E-state index is 0.356. The van der Waals surface area contributed by atoms with Crippen molar-refractivity contribution < 1.29 is 14.7 Å². The van der Waals surface area contributed by atoms with Gasteiger partial charge in [0.05, 0.1) is 13.2 Å². The van der Waals surface area contributed by atoms with E-state index in [-0.39, 0.29) is 0 Å². The van der Waals surface area contributed by atoms with Crippen molar-refractivity contribution in [1.82, 2.24) is 5.06 Å². The number of hydroxylamine groups is 2. The number of hydrogen-bond donors (Lipinski definition) is 1. The molecule has 0 saturated heterocycles. The fourth-order valence-corrected chi connectivity index (χ4v) is 0.729. The van der Waals surface area contributed by atoms with Gasteiger partial charge in [0.2, 0.25) is 0 Å². The predicted molar refractivity (Wildman–Crippen MR) is 34.4 cm³/mol. The molecule has 4 heteroatoms. The second-order valence-electron chi connectivity index (χ2n) is 2.17. The van der Waals surface area contributed by atoms with Crippen molar-refractivity contribution in [3.63, 3.8) is 0 Å². The van der Waals surface area contributed by atoms with Gasteiger partial charge in [0.15, 0.2) is 0 Å². The van der Waals surface area contributed by atoms with Crippen LogP contribution < -0.4 is 0 Å². The lowest BCUT2D eigenvalue weighted by Gasteiger charge is -2.21. The van der Waals surface area contributed by atoms with Crippen molar-refractivity contribution in [2.24, 2.45) is 0 Å². The molecule has 4 nitrogen and oxygen atoms in total. The van der Waals surface area contributed by atoms with Crippen LogP contribution in [-0.4, -0.2) is 29.4 Å². The third-order valence-corrected chi connectivity index (χ3v) is 1.27. The molecule has 0 aromatic carbocycles. The summed E-state index contributed by atoms with van der Waals surface area (Å²) in [7, 11) is 0. The first-order chi connectivity index (χ1) is 4.70. The Morgan fingerprint density at radius 2 is 2.60 bits per heavy atom. The van der Waals surface area contributed by atoms with Gasteiger partial charge in [-0.1, -0.05) is 11.6 Å². The van der Waals surface area contributed by atoms with Crippen molar-refractivity contribution in [1.29, 1.82) is 0 Å². The third-order valence-electron chi connectivity index (χ3n) is 1.27. The molecule has 10 heavy (non-hydrogen) atoms. The number of carbonyl (C=O) groups is 1. The fourth-order valence-electron chi connectivity index (χ4n) is 0.729. The molecule has 1 aliphatic rings. The zero-order valence-electron chi connectivity index (χ0n) is 5.70. The molecule has 0 aromatic heterocycles. The maximum Gasteiger partial charge on any atom is 0.431 e. The van der Waals surface area contributed by atoms with Gasteiger partial charge in [-0.2, -0.15) is 5.06 Å². The van der Waals surface area contributed by atoms with Gasteiger partial charge in [-0.05, 0) is 6.92 Å². The van der Waals surface area contributed by atoms with E-state index in [2.05, 4.69) is 0 Å². The van der Waals surface area contributed by atoms with Gasteiger partial charge in [-0.3, -0.25) is 4.84 Å². The molecule has 56 valence electrons. The maximum absolute atomic E-state index is 10.3. The molecule has 1 amide bonds. The largest absolute Gasteiger partial charge is 0.463 e. The second kappa shape index (κ2) is 2.70. The molecule has 0 aromatic rings. The van der Waals surface area contributed by atoms with Crippen molar-refractivity contribution in [2.45, 2.75) is 6.92 Å². The van der Waals surface area contributed by atoms with Crippen LogP contribution in [0.1, 0.15) is 6.92 Å². The van der Waals surface area contributed by atoms with Gasteiger partial charge in [0.25, 0.3) is 0 Å². The average Bonchev–Trinajstić information content (AvgIpc) is 1.88. The quantitative estimate of drug-likeness (QED) is 0.511. The molecule has 0 saturated carbocycles. The third kappa shape index (κ3) is 1.48. The highest BCUT2D eigenvalue weighted by Gasteiger charge is 2.15. The molecule has 1 rings (SSSR count). The fraction of sp³-hybridized carbons (Fsp3) is 0.500. The zero-order valence-corrected chi connectivity index (χ0v) is 5.70. The molecular formula is C6H9NO3. The summed E-state index contributed by atoms with van der Waals surface area (Å²) in [6.07, 6.45) is 0.826. The summed E-state index contributed by atoms with van der Waals surface area (Å²) < 4.78 is 0. The minimum atomic E-state index is -1.03. The Morgan fingerprint density at radius 3 is 3.00 bits per heavy atom. The topological polar surface area (TPSA) is 49.8 Å². The number of rotatable bonds is 0. The van der Waals surface area contributed by atoms with E-state index in [9.17, 15) is 4.79 Å². The van der Waals surface area contributed by atoms with Crippen LogP contribution in [0, 0.1) is 0 Å². The Morgan fingerprint density at radius 1 is 1.90 bits per heavy atom. The second-order valence-corrected chi connectivity index (χ2v) is 2.17. The maximum atomic E-state index is 10.3. The van der Waals surface area contributed by atoms with Crippen LogP contribution in [-0.2, 0) is 4.84 Å². The lowest BCUT2D eigenvalue weighted by Crippen LogP contribution is -2.33. The lowest BCUT2D eigenvalue weighted by molar-refractivity contribution is -0.120. The Bertz CT molecular complexity index is 176. The van der Waals surface area contributed by atoms with Gasteiger partial charge in [0.1, 0.15) is 0 Å². The van der Waals surface area contributed by atoms with Crippen molar-refractivity contribution in [2.75, 3.05) is 13.2 Å². The molecule has 0 fully saturated rings. The molecule has 0 spiro atoms. The Balaban J connectivity index is 2.53. The summed E-state index contributed by atoms with van der Waals surface area (Å²) >= 11 is 0. The Kier molecular flexibility index (Phi) is 1.91. The first kappa shape index (κ1) is 7.08. The smallest absolute Gasteiger partial charge is 0.431 e. The van der Waals surface area contributed by atoms with Crippen LogP contribution in [0.2, 0.25) is 0 Å². The number of nitrogens with zero attached hydrogens (tertiary/aromatic N) is 1. The molecule has 0 unspecified atom stereocenters. The molecule has 1 N–H and O–H groups in total. The van der Waals surface area contributed by atoms with Gasteiger partial charge in [-0.25, -0.2) is 4.79 Å². The van der Waals surface area contributed by atoms with E-state index in [0.29, 0.717) is 13.2 Å². The van der Waals surface area contributed by atoms with Gasteiger partial charge >= 0.3 is 6.09 Å². The minimum Gasteiger partial charge on any atom is -0.463 e. The highest BCUT2D eigenvalue weighted by Crippen LogP contribution is 2.05. The zero-order chi connectivity index (χ0) is 7.56. The first-order valence-corrected chi connectivity index (χ1v) is 2.99. The van der Waals surface area contributed by atoms with Gasteiger partial charge in [-0.15, -0.1) is 0 Å². The first-order valence-electron chi connectivity index (χ1n) is 2.99. The summed E-state index contributed by atoms with van der Waals surface area (Å²) in [4.78, 5) is 15.0. The van der Waals surface area contributed by atoms with E-state index >= 15 is 0 Å². The van der Waals surface area contributed by atoms with Crippen molar-refractivity contribution in [3.8, 4) is 0 Å². The number of hydrogen-bond acceptors (Lipinski definition) is 2. The summed E-state index contributed by atoms with van der Waals surface area (Å²) in [5, 5.41) is 9.36. The van der Waals surface area contributed by atoms with Crippen LogP contribution in [0.4, 0.5) is 4.79 Å². The molecule has 0 aliphatic carbocycles. The van der Waals surface area contributed by atoms with E-state index in [0.717, 1.165) is 10.6 Å². The molecule has 0 atom stereocenters. The van der Waals surface area contributed by atoms with Crippen LogP contribution >= 0.6 is 0 Å². The highest BCUT2D eigenvalue weighted by atomic mass is 16.7. The molecule has 0 bridgehead atoms. The van der Waals surface area contributed by atoms with Crippen LogP contribution in [0.5, 0.6) is 0 Å². The number of amides is 1. The Labute approximate surface area is 58.7 Å². The molecular weight excluding hydrogens is 134 g/mol. The van der Waals surface area contributed by atoms with E-state index < -0.39 is 6.09 Å². The Hall–Kier alpha value is -1.03. The summed E-state index contributed by atoms with van der Waals surface area (Å²) in [6.45, 7) is 2.59. The van der Waals surface area contributed by atoms with E-state index in [1.165, 1.54) is 0 Å². The summed E-state index contributed by atoms with van der Waals surface area (Å²) in [6, 6.07) is 0. The van der Waals surface area contributed by atoms with Gasteiger partial charge in [0, 0.05) is 0 Å². The van der Waals surface area contributed by atoms with E-state index in [1.54, 1.807) is 0 Å². The lowest BCUT2D eigenvalue weighted by atomic mass is 10.3. The molecule has 1 heterocycles. The normalized spacial score (nSPS) is 18.5. The molecule has 0 radical (unpaired) electrons. The average molecular weight is 143 g/mol. The van der Waals surface area contributed by atoms with E-state index in [1.807, 2.05) is 13.0 Å². The van der Waals surface area contributed by atoms with Crippen molar-refractivity contribution >= 4 is 6.09 Å². The van der Waals surface area contributed by atoms with Crippen LogP contribution in [0.25, 0.3) is 0 Å². The predicted octanol–water partition coefficient (Wildman–Crippen LogP) is 0.858. The van der Waals surface area contributed by atoms with E-state index in [4.69, 9.17) is 9.94 Å². The number of carboxylic acid groups (broad SMARTS) is 1. The monoisotopic (exact) mass is 143 g/mol. The summed E-state index contributed by atoms with van der Waals surface area (Å²) in [5.74, 6) is 0. The van der Waals surface area contributed by atoms with Crippen LogP contribution in [0.3, 0.4) is 0 Å². The molecule has 1 aliphatic heterocycles. The van der Waals surface area contributed by atoms with Crippen LogP contribution in [0.15, 0.2) is 11.6 Å².